The Morgan fingerprint density at radius 1 is 1.36 bits per heavy atom. The Hall–Kier alpha value is -1.24. The number of halogens is 2. The number of thioether (sulfide) groups is 1. The summed E-state index contributed by atoms with van der Waals surface area (Å²) >= 11 is 12.8. The summed E-state index contributed by atoms with van der Waals surface area (Å²) in [6.45, 7) is 1.99. The number of hydrogen-bond acceptors (Lipinski definition) is 5. The van der Waals surface area contributed by atoms with E-state index < -0.39 is 11.2 Å². The minimum absolute atomic E-state index is 0.0345. The van der Waals surface area contributed by atoms with Gasteiger partial charge in [0.05, 0.1) is 33.3 Å². The fraction of sp³-hybridized carbons (Fsp3) is 0.357. The zero-order chi connectivity index (χ0) is 16.3. The fourth-order valence-electron chi connectivity index (χ4n) is 2.00. The number of rotatable bonds is 5. The molecule has 1 heterocycles. The van der Waals surface area contributed by atoms with Gasteiger partial charge in [-0.05, 0) is 25.1 Å². The zero-order valence-corrected chi connectivity index (χ0v) is 14.0. The molecule has 1 unspecified atom stereocenters. The van der Waals surface area contributed by atoms with Crippen molar-refractivity contribution in [2.75, 3.05) is 17.3 Å². The third-order valence-electron chi connectivity index (χ3n) is 2.97. The van der Waals surface area contributed by atoms with Crippen LogP contribution in [-0.2, 0) is 19.1 Å². The lowest BCUT2D eigenvalue weighted by Crippen LogP contribution is -2.31. The first-order valence-corrected chi connectivity index (χ1v) is 8.33. The topological polar surface area (TPSA) is 63.7 Å². The van der Waals surface area contributed by atoms with Crippen molar-refractivity contribution in [3.63, 3.8) is 0 Å². The van der Waals surface area contributed by atoms with E-state index in [1.54, 1.807) is 13.0 Å². The summed E-state index contributed by atoms with van der Waals surface area (Å²) in [4.78, 5) is 36.8. The van der Waals surface area contributed by atoms with Crippen LogP contribution < -0.4 is 4.90 Å². The second-order valence-corrected chi connectivity index (χ2v) is 6.48. The van der Waals surface area contributed by atoms with Crippen LogP contribution in [-0.4, -0.2) is 35.4 Å². The van der Waals surface area contributed by atoms with Gasteiger partial charge in [-0.25, -0.2) is 4.90 Å². The number of esters is 1. The van der Waals surface area contributed by atoms with Crippen LogP contribution in [0.3, 0.4) is 0 Å². The van der Waals surface area contributed by atoms with Gasteiger partial charge in [-0.2, -0.15) is 0 Å². The van der Waals surface area contributed by atoms with Crippen molar-refractivity contribution in [1.29, 1.82) is 0 Å². The lowest BCUT2D eigenvalue weighted by molar-refractivity contribution is -0.139. The fourth-order valence-corrected chi connectivity index (χ4v) is 3.22. The molecular weight excluding hydrogens is 349 g/mol. The summed E-state index contributed by atoms with van der Waals surface area (Å²) in [6.07, 6.45) is 0.0448. The van der Waals surface area contributed by atoms with Gasteiger partial charge in [0.25, 0.3) is 0 Å². The molecule has 0 bridgehead atoms. The molecule has 1 aromatic carbocycles. The van der Waals surface area contributed by atoms with Crippen LogP contribution in [0.4, 0.5) is 5.69 Å². The van der Waals surface area contributed by atoms with Gasteiger partial charge < -0.3 is 4.74 Å². The van der Waals surface area contributed by atoms with Crippen molar-refractivity contribution in [1.82, 2.24) is 0 Å². The second kappa shape index (κ2) is 7.35. The molecule has 22 heavy (non-hydrogen) atoms. The molecule has 1 saturated heterocycles. The molecular formula is C14H13Cl2NO4S. The quantitative estimate of drug-likeness (QED) is 0.595. The highest BCUT2D eigenvalue weighted by molar-refractivity contribution is 8.01. The number of carbonyl (C=O) groups excluding carboxylic acids is 3. The molecule has 8 heteroatoms. The van der Waals surface area contributed by atoms with E-state index in [9.17, 15) is 14.4 Å². The molecule has 0 saturated carbocycles. The smallest absolute Gasteiger partial charge is 0.315 e. The molecule has 2 rings (SSSR count). The van der Waals surface area contributed by atoms with E-state index in [0.717, 1.165) is 16.7 Å². The number of hydrogen-bond donors (Lipinski definition) is 0. The molecule has 0 N–H and O–H groups in total. The van der Waals surface area contributed by atoms with Crippen LogP contribution in [0.5, 0.6) is 0 Å². The highest BCUT2D eigenvalue weighted by atomic mass is 35.5. The van der Waals surface area contributed by atoms with Crippen LogP contribution in [0.25, 0.3) is 0 Å². The maximum atomic E-state index is 12.3. The van der Waals surface area contributed by atoms with Crippen LogP contribution in [0, 0.1) is 0 Å². The van der Waals surface area contributed by atoms with Gasteiger partial charge in [0, 0.05) is 6.42 Å². The summed E-state index contributed by atoms with van der Waals surface area (Å²) < 4.78 is 4.80. The normalized spacial score (nSPS) is 18.0. The first kappa shape index (κ1) is 17.1. The number of anilines is 1. The van der Waals surface area contributed by atoms with Crippen molar-refractivity contribution >= 4 is 58.4 Å². The number of carbonyl (C=O) groups is 3. The first-order chi connectivity index (χ1) is 10.4. The predicted molar refractivity (Wildman–Crippen MR) is 86.5 cm³/mol. The Labute approximate surface area is 141 Å². The average Bonchev–Trinajstić information content (AvgIpc) is 2.75. The predicted octanol–water partition coefficient (Wildman–Crippen LogP) is 2.92. The molecule has 0 spiro atoms. The third-order valence-corrected chi connectivity index (χ3v) is 4.89. The molecule has 1 fully saturated rings. The van der Waals surface area contributed by atoms with Crippen molar-refractivity contribution in [2.24, 2.45) is 0 Å². The van der Waals surface area contributed by atoms with Gasteiger partial charge in [0.1, 0.15) is 0 Å². The molecule has 0 radical (unpaired) electrons. The Morgan fingerprint density at radius 2 is 2.09 bits per heavy atom. The standard InChI is InChI=1S/C14H13Cl2NO4S/c1-2-21-13(19)7-22-11-6-12(18)17(14(11)20)8-3-4-9(15)10(16)5-8/h3-5,11H,2,6-7H2,1H3. The highest BCUT2D eigenvalue weighted by Crippen LogP contribution is 2.33. The largest absolute Gasteiger partial charge is 0.465 e. The van der Waals surface area contributed by atoms with E-state index in [-0.39, 0.29) is 35.6 Å². The summed E-state index contributed by atoms with van der Waals surface area (Å²) in [5.41, 5.74) is 0.378. The van der Waals surface area contributed by atoms with Crippen molar-refractivity contribution in [2.45, 2.75) is 18.6 Å². The first-order valence-electron chi connectivity index (χ1n) is 6.53. The van der Waals surface area contributed by atoms with Gasteiger partial charge in [-0.3, -0.25) is 14.4 Å². The molecule has 1 aliphatic rings. The lowest BCUT2D eigenvalue weighted by Gasteiger charge is -2.15. The molecule has 0 aliphatic carbocycles. The molecule has 5 nitrogen and oxygen atoms in total. The van der Waals surface area contributed by atoms with E-state index in [1.165, 1.54) is 12.1 Å². The summed E-state index contributed by atoms with van der Waals surface area (Å²) in [5.74, 6) is -1.06. The summed E-state index contributed by atoms with van der Waals surface area (Å²) in [6, 6.07) is 4.55. The molecule has 0 aromatic heterocycles. The van der Waals surface area contributed by atoms with Crippen molar-refractivity contribution in [3.05, 3.63) is 28.2 Å². The number of imide groups is 1. The molecule has 1 atom stereocenters. The monoisotopic (exact) mass is 361 g/mol. The maximum Gasteiger partial charge on any atom is 0.315 e. The van der Waals surface area contributed by atoms with Crippen LogP contribution in [0.1, 0.15) is 13.3 Å². The minimum Gasteiger partial charge on any atom is -0.465 e. The van der Waals surface area contributed by atoms with Crippen LogP contribution in [0.2, 0.25) is 10.0 Å². The number of ether oxygens (including phenoxy) is 1. The third kappa shape index (κ3) is 3.74. The van der Waals surface area contributed by atoms with E-state index in [0.29, 0.717) is 10.7 Å². The lowest BCUT2D eigenvalue weighted by atomic mass is 10.3. The maximum absolute atomic E-state index is 12.3. The Kier molecular flexibility index (Phi) is 5.72. The van der Waals surface area contributed by atoms with Crippen LogP contribution >= 0.6 is 35.0 Å². The zero-order valence-electron chi connectivity index (χ0n) is 11.7. The van der Waals surface area contributed by atoms with Crippen molar-refractivity contribution < 1.29 is 19.1 Å². The number of benzene rings is 1. The molecule has 1 aliphatic heterocycles. The Bertz CT molecular complexity index is 623. The number of amides is 2. The Morgan fingerprint density at radius 3 is 2.73 bits per heavy atom. The average molecular weight is 362 g/mol. The van der Waals surface area contributed by atoms with Gasteiger partial charge in [-0.1, -0.05) is 23.2 Å². The molecule has 118 valence electrons. The minimum atomic E-state index is -0.591. The van der Waals surface area contributed by atoms with Gasteiger partial charge >= 0.3 is 5.97 Å². The summed E-state index contributed by atoms with van der Waals surface area (Å²) in [7, 11) is 0. The number of nitrogens with zero attached hydrogens (tertiary/aromatic N) is 1. The summed E-state index contributed by atoms with van der Waals surface area (Å²) in [5, 5.41) is 0.0199. The van der Waals surface area contributed by atoms with E-state index in [4.69, 9.17) is 27.9 Å². The van der Waals surface area contributed by atoms with E-state index >= 15 is 0 Å². The van der Waals surface area contributed by atoms with Gasteiger partial charge in [-0.15, -0.1) is 11.8 Å². The van der Waals surface area contributed by atoms with Gasteiger partial charge in [0.15, 0.2) is 0 Å². The second-order valence-electron chi connectivity index (χ2n) is 4.47. The molecule has 2 amide bonds. The molecule has 1 aromatic rings. The van der Waals surface area contributed by atoms with Crippen molar-refractivity contribution in [3.8, 4) is 0 Å². The Balaban J connectivity index is 2.08. The van der Waals surface area contributed by atoms with Crippen LogP contribution in [0.15, 0.2) is 18.2 Å². The van der Waals surface area contributed by atoms with E-state index in [1.807, 2.05) is 0 Å². The van der Waals surface area contributed by atoms with Gasteiger partial charge in [0.2, 0.25) is 11.8 Å². The van der Waals surface area contributed by atoms with E-state index in [2.05, 4.69) is 0 Å². The SMILES string of the molecule is CCOC(=O)CSC1CC(=O)N(c2ccc(Cl)c(Cl)c2)C1=O. The highest BCUT2D eigenvalue weighted by Gasteiger charge is 2.40.